The number of likely N-dealkylation sites (tertiary alicyclic amines) is 2. The molecule has 6 atom stereocenters. The lowest BCUT2D eigenvalue weighted by molar-refractivity contribution is -0.136. The zero-order valence-corrected chi connectivity index (χ0v) is 37.4. The number of imidazole rings is 2. The Hall–Kier alpha value is -7.00. The van der Waals surface area contributed by atoms with Gasteiger partial charge < -0.3 is 44.6 Å². The highest BCUT2D eigenvalue weighted by Crippen LogP contribution is 2.40. The quantitative estimate of drug-likeness (QED) is 0.0992. The molecule has 0 spiro atoms. The van der Waals surface area contributed by atoms with Crippen molar-refractivity contribution < 1.29 is 33.4 Å². The zero-order chi connectivity index (χ0) is 45.5. The Morgan fingerprint density at radius 2 is 1.25 bits per heavy atom. The van der Waals surface area contributed by atoms with Gasteiger partial charge in [-0.25, -0.2) is 19.6 Å². The van der Waals surface area contributed by atoms with Gasteiger partial charge in [0.05, 0.1) is 55.0 Å². The molecule has 2 fully saturated rings. The molecule has 65 heavy (non-hydrogen) atoms. The maximum atomic E-state index is 14.4. The number of nitrogens with one attached hydrogen (secondary N) is 4. The van der Waals surface area contributed by atoms with Crippen LogP contribution in [0.4, 0.5) is 9.59 Å². The first-order valence-corrected chi connectivity index (χ1v) is 22.1. The monoisotopic (exact) mass is 878 g/mol. The summed E-state index contributed by atoms with van der Waals surface area (Å²) in [6.07, 6.45) is 0.0726. The lowest BCUT2D eigenvalue weighted by Gasteiger charge is -2.30. The minimum Gasteiger partial charge on any atom is -0.453 e. The van der Waals surface area contributed by atoms with E-state index < -0.39 is 24.3 Å². The molecule has 2 aliphatic heterocycles. The Labute approximate surface area is 376 Å². The molecule has 15 nitrogen and oxygen atoms in total. The maximum absolute atomic E-state index is 14.4. The number of carbonyl (C=O) groups is 4. The van der Waals surface area contributed by atoms with Crippen LogP contribution in [-0.2, 0) is 23.8 Å². The summed E-state index contributed by atoms with van der Waals surface area (Å²) in [5.41, 5.74) is 6.15. The van der Waals surface area contributed by atoms with Crippen molar-refractivity contribution in [2.45, 2.75) is 57.8 Å². The van der Waals surface area contributed by atoms with Crippen molar-refractivity contribution in [1.82, 2.24) is 40.4 Å². The van der Waals surface area contributed by atoms with Crippen LogP contribution >= 0.6 is 0 Å². The summed E-state index contributed by atoms with van der Waals surface area (Å²) in [5, 5.41) is 9.53. The molecular weight excluding hydrogens is 825 g/mol. The maximum Gasteiger partial charge on any atom is 0.407 e. The van der Waals surface area contributed by atoms with E-state index >= 15 is 0 Å². The largest absolute Gasteiger partial charge is 0.453 e. The summed E-state index contributed by atoms with van der Waals surface area (Å²) < 4.78 is 15.3. The van der Waals surface area contributed by atoms with E-state index in [4.69, 9.17) is 24.2 Å². The topological polar surface area (TPSA) is 184 Å². The molecule has 5 aromatic carbocycles. The Morgan fingerprint density at radius 1 is 0.692 bits per heavy atom. The number of methoxy groups -OCH3 is 3. The minimum atomic E-state index is -0.945. The second-order valence-electron chi connectivity index (χ2n) is 17.8. The van der Waals surface area contributed by atoms with Crippen LogP contribution in [0.3, 0.4) is 0 Å². The van der Waals surface area contributed by atoms with E-state index in [0.717, 1.165) is 67.0 Å². The van der Waals surface area contributed by atoms with Gasteiger partial charge in [-0.3, -0.25) is 9.59 Å². The van der Waals surface area contributed by atoms with Crippen LogP contribution in [0.25, 0.3) is 54.7 Å². The van der Waals surface area contributed by atoms with Crippen LogP contribution in [-0.4, -0.2) is 101 Å². The molecule has 15 heteroatoms. The Bertz CT molecular complexity index is 2930. The number of alkyl carbamates (subject to hydrolysis) is 2. The summed E-state index contributed by atoms with van der Waals surface area (Å²) in [6.45, 7) is 7.44. The zero-order valence-electron chi connectivity index (χ0n) is 37.4. The first-order chi connectivity index (χ1) is 31.4. The molecule has 9 rings (SSSR count). The van der Waals surface area contributed by atoms with Crippen molar-refractivity contribution in [3.63, 3.8) is 0 Å². The standard InChI is InChI=1S/C50H54N8O7/c1-27(2)41(55-49(61)64-5)47(59)57-24-28(3)20-39(57)45-51-37-18-14-33-22-31(12-16-35(33)43(37)53-45)32-13-17-36-34(23-32)15-19-38-44(36)54-46(52-38)40-21-29(26-63-4)25-58(40)48(60)42(56-50(62)65-6)30-10-8-7-9-11-30/h7-19,22-23,27-29,39-42H,20-21,24-26H2,1-6H3,(H,51,53)(H,52,54)(H,55,61)(H,56,62)/t28-,29-,39-,40-,41-,42+/m0/s1. The fourth-order valence-corrected chi connectivity index (χ4v) is 9.80. The summed E-state index contributed by atoms with van der Waals surface area (Å²) in [4.78, 5) is 73.9. The molecule has 4 amide bonds. The summed E-state index contributed by atoms with van der Waals surface area (Å²) in [7, 11) is 4.24. The number of fused-ring (bicyclic) bond motifs is 6. The molecule has 4 heterocycles. The van der Waals surface area contributed by atoms with Gasteiger partial charge in [0.1, 0.15) is 23.7 Å². The van der Waals surface area contributed by atoms with Crippen LogP contribution in [0.1, 0.15) is 69.0 Å². The Balaban J connectivity index is 0.993. The van der Waals surface area contributed by atoms with E-state index in [1.807, 2.05) is 61.2 Å². The van der Waals surface area contributed by atoms with Crippen molar-refractivity contribution in [2.75, 3.05) is 41.0 Å². The number of aromatic amines is 2. The van der Waals surface area contributed by atoms with Gasteiger partial charge in [-0.1, -0.05) is 87.5 Å². The average Bonchev–Trinajstić information content (AvgIpc) is 4.14. The molecule has 7 aromatic rings. The molecule has 2 saturated heterocycles. The lowest BCUT2D eigenvalue weighted by Crippen LogP contribution is -2.51. The van der Waals surface area contributed by atoms with E-state index in [1.54, 1.807) is 12.0 Å². The van der Waals surface area contributed by atoms with Gasteiger partial charge >= 0.3 is 12.2 Å². The second kappa shape index (κ2) is 17.9. The molecule has 4 N–H and O–H groups in total. The first-order valence-electron chi connectivity index (χ1n) is 22.1. The van der Waals surface area contributed by atoms with Crippen LogP contribution in [0, 0.1) is 17.8 Å². The molecule has 0 aliphatic carbocycles. The highest BCUT2D eigenvalue weighted by molar-refractivity contribution is 6.07. The van der Waals surface area contributed by atoms with Crippen molar-refractivity contribution >= 4 is 67.6 Å². The van der Waals surface area contributed by atoms with Crippen LogP contribution in [0.15, 0.2) is 91.0 Å². The number of nitrogens with zero attached hydrogens (tertiary/aromatic N) is 4. The molecule has 0 radical (unpaired) electrons. The van der Waals surface area contributed by atoms with Crippen LogP contribution in [0.2, 0.25) is 0 Å². The van der Waals surface area contributed by atoms with Gasteiger partial charge in [-0.05, 0) is 76.4 Å². The van der Waals surface area contributed by atoms with Crippen LogP contribution in [0.5, 0.6) is 0 Å². The third-order valence-electron chi connectivity index (χ3n) is 13.0. The van der Waals surface area contributed by atoms with E-state index in [9.17, 15) is 19.2 Å². The Kier molecular flexibility index (Phi) is 11.9. The van der Waals surface area contributed by atoms with E-state index in [1.165, 1.54) is 14.2 Å². The third kappa shape index (κ3) is 8.32. The summed E-state index contributed by atoms with van der Waals surface area (Å²) in [6, 6.07) is 27.9. The smallest absolute Gasteiger partial charge is 0.407 e. The number of rotatable bonds is 11. The number of carbonyl (C=O) groups excluding carboxylic acids is 4. The molecule has 2 aliphatic rings. The van der Waals surface area contributed by atoms with Crippen molar-refractivity contribution in [2.24, 2.45) is 17.8 Å². The lowest BCUT2D eigenvalue weighted by atomic mass is 9.98. The molecular formula is C50H54N8O7. The number of ether oxygens (including phenoxy) is 3. The van der Waals surface area contributed by atoms with Gasteiger partial charge in [-0.15, -0.1) is 0 Å². The number of hydrogen-bond donors (Lipinski definition) is 4. The molecule has 336 valence electrons. The van der Waals surface area contributed by atoms with Gasteiger partial charge in [0.15, 0.2) is 0 Å². The number of amides is 4. The van der Waals surface area contributed by atoms with E-state index in [0.29, 0.717) is 37.5 Å². The highest BCUT2D eigenvalue weighted by Gasteiger charge is 2.42. The number of H-pyrrole nitrogens is 2. The Morgan fingerprint density at radius 3 is 1.80 bits per heavy atom. The fourth-order valence-electron chi connectivity index (χ4n) is 9.80. The summed E-state index contributed by atoms with van der Waals surface area (Å²) >= 11 is 0. The second-order valence-corrected chi connectivity index (χ2v) is 17.8. The van der Waals surface area contributed by atoms with E-state index in [-0.39, 0.29) is 41.7 Å². The molecule has 0 unspecified atom stereocenters. The minimum absolute atomic E-state index is 0.0714. The number of benzene rings is 5. The van der Waals surface area contributed by atoms with Crippen molar-refractivity contribution in [1.29, 1.82) is 0 Å². The fraction of sp³-hybridized carbons (Fsp3) is 0.360. The van der Waals surface area contributed by atoms with Crippen molar-refractivity contribution in [3.8, 4) is 11.1 Å². The molecule has 2 aromatic heterocycles. The summed E-state index contributed by atoms with van der Waals surface area (Å²) in [5.74, 6) is 1.20. The normalized spacial score (nSPS) is 19.6. The van der Waals surface area contributed by atoms with Gasteiger partial charge in [-0.2, -0.15) is 0 Å². The predicted octanol–water partition coefficient (Wildman–Crippen LogP) is 8.34. The van der Waals surface area contributed by atoms with Gasteiger partial charge in [0.25, 0.3) is 5.91 Å². The average molecular weight is 879 g/mol. The SMILES string of the molecule is COC[C@H]1C[C@@H](c2nc3c(ccc4cc(-c5ccc6c(ccc7[nH]c([C@@H]8C[C@H](C)CN8C(=O)[C@@H](NC(=O)OC)C(C)C)nc76)c5)ccc43)[nH]2)N(C(=O)[C@H](NC(=O)OC)c2ccccc2)C1. The van der Waals surface area contributed by atoms with Crippen LogP contribution < -0.4 is 10.6 Å². The molecule has 0 bridgehead atoms. The first kappa shape index (κ1) is 43.3. The third-order valence-corrected chi connectivity index (χ3v) is 13.0. The van der Waals surface area contributed by atoms with Crippen molar-refractivity contribution in [3.05, 3.63) is 108 Å². The predicted molar refractivity (Wildman–Crippen MR) is 248 cm³/mol. The van der Waals surface area contributed by atoms with Gasteiger partial charge in [0, 0.05) is 36.9 Å². The molecule has 0 saturated carbocycles. The van der Waals surface area contributed by atoms with Gasteiger partial charge in [0.2, 0.25) is 5.91 Å². The highest BCUT2D eigenvalue weighted by atomic mass is 16.5. The number of hydrogen-bond acceptors (Lipinski definition) is 9. The van der Waals surface area contributed by atoms with E-state index in [2.05, 4.69) is 76.1 Å². The number of aromatic nitrogens is 4.